The molecule has 1 aliphatic heterocycles. The zero-order valence-electron chi connectivity index (χ0n) is 14.3. The number of sulfonamides is 1. The van der Waals surface area contributed by atoms with Gasteiger partial charge in [-0.1, -0.05) is 6.07 Å². The molecule has 0 bridgehead atoms. The molecule has 3 rings (SSSR count). The number of pyridine rings is 1. The lowest BCUT2D eigenvalue weighted by Crippen LogP contribution is -2.29. The first-order chi connectivity index (χ1) is 11.9. The van der Waals surface area contributed by atoms with Crippen molar-refractivity contribution in [3.8, 4) is 0 Å². The second-order valence-corrected chi connectivity index (χ2v) is 8.15. The summed E-state index contributed by atoms with van der Waals surface area (Å²) in [5, 5.41) is 0. The lowest BCUT2D eigenvalue weighted by atomic mass is 10.2. The molecule has 2 heterocycles. The van der Waals surface area contributed by atoms with Gasteiger partial charge >= 0.3 is 0 Å². The Morgan fingerprint density at radius 2 is 2.08 bits per heavy atom. The Morgan fingerprint density at radius 1 is 1.28 bits per heavy atom. The number of benzene rings is 1. The van der Waals surface area contributed by atoms with Crippen LogP contribution in [0.2, 0.25) is 0 Å². The number of rotatable bonds is 5. The highest BCUT2D eigenvalue weighted by molar-refractivity contribution is 7.89. The zero-order valence-corrected chi connectivity index (χ0v) is 15.2. The highest BCUT2D eigenvalue weighted by Gasteiger charge is 2.26. The number of amides is 1. The van der Waals surface area contributed by atoms with Gasteiger partial charge in [0.15, 0.2) is 0 Å². The van der Waals surface area contributed by atoms with E-state index in [1.807, 2.05) is 18.2 Å². The molecule has 1 amide bonds. The van der Waals surface area contributed by atoms with Crippen LogP contribution >= 0.6 is 0 Å². The summed E-state index contributed by atoms with van der Waals surface area (Å²) in [7, 11) is -1.99. The van der Waals surface area contributed by atoms with Crippen molar-refractivity contribution >= 4 is 21.6 Å². The van der Waals surface area contributed by atoms with Gasteiger partial charge in [-0.05, 0) is 42.3 Å². The molecule has 132 valence electrons. The van der Waals surface area contributed by atoms with E-state index in [-0.39, 0.29) is 10.8 Å². The minimum Gasteiger partial charge on any atom is -0.312 e. The Balaban J connectivity index is 1.77. The number of hydrogen-bond donors (Lipinski definition) is 0. The zero-order chi connectivity index (χ0) is 18.0. The van der Waals surface area contributed by atoms with E-state index in [0.29, 0.717) is 25.9 Å². The van der Waals surface area contributed by atoms with Crippen LogP contribution in [0.15, 0.2) is 47.5 Å². The summed E-state index contributed by atoms with van der Waals surface area (Å²) in [6.45, 7) is 2.48. The molecular weight excluding hydrogens is 338 g/mol. The monoisotopic (exact) mass is 359 g/mol. The van der Waals surface area contributed by atoms with Gasteiger partial charge in [-0.25, -0.2) is 12.7 Å². The first-order valence-electron chi connectivity index (χ1n) is 8.17. The second kappa shape index (κ2) is 6.93. The number of carbonyl (C=O) groups is 1. The van der Waals surface area contributed by atoms with Gasteiger partial charge in [0, 0.05) is 51.1 Å². The third kappa shape index (κ3) is 3.57. The summed E-state index contributed by atoms with van der Waals surface area (Å²) in [5.41, 5.74) is 2.56. The SMILES string of the molecule is CC(=O)N1CCc2cc(S(=O)(=O)N(C)CCc3ccccn3)ccc21. The molecule has 0 saturated heterocycles. The third-order valence-corrected chi connectivity index (χ3v) is 6.30. The molecule has 1 aromatic carbocycles. The van der Waals surface area contributed by atoms with Crippen molar-refractivity contribution in [1.82, 2.24) is 9.29 Å². The molecular formula is C18H21N3O3S. The number of anilines is 1. The highest BCUT2D eigenvalue weighted by Crippen LogP contribution is 2.30. The van der Waals surface area contributed by atoms with E-state index in [4.69, 9.17) is 0 Å². The van der Waals surface area contributed by atoms with Crippen LogP contribution in [0.4, 0.5) is 5.69 Å². The lowest BCUT2D eigenvalue weighted by Gasteiger charge is -2.18. The Bertz CT molecular complexity index is 882. The van der Waals surface area contributed by atoms with Gasteiger partial charge in [0.05, 0.1) is 4.90 Å². The first kappa shape index (κ1) is 17.6. The predicted octanol–water partition coefficient (Wildman–Crippen LogP) is 1.85. The molecule has 25 heavy (non-hydrogen) atoms. The summed E-state index contributed by atoms with van der Waals surface area (Å²) in [6, 6.07) is 10.6. The number of nitrogens with zero attached hydrogens (tertiary/aromatic N) is 3. The van der Waals surface area contributed by atoms with Gasteiger partial charge in [-0.3, -0.25) is 9.78 Å². The summed E-state index contributed by atoms with van der Waals surface area (Å²) >= 11 is 0. The van der Waals surface area contributed by atoms with E-state index in [0.717, 1.165) is 16.9 Å². The molecule has 7 heteroatoms. The molecule has 0 radical (unpaired) electrons. The first-order valence-corrected chi connectivity index (χ1v) is 9.61. The van der Waals surface area contributed by atoms with E-state index < -0.39 is 10.0 Å². The van der Waals surface area contributed by atoms with Gasteiger partial charge in [0.25, 0.3) is 0 Å². The summed E-state index contributed by atoms with van der Waals surface area (Å²) < 4.78 is 26.9. The molecule has 6 nitrogen and oxygen atoms in total. The molecule has 1 aromatic heterocycles. The van der Waals surface area contributed by atoms with Crippen LogP contribution in [0.5, 0.6) is 0 Å². The van der Waals surface area contributed by atoms with E-state index in [2.05, 4.69) is 4.98 Å². The van der Waals surface area contributed by atoms with Gasteiger partial charge in [-0.2, -0.15) is 0 Å². The van der Waals surface area contributed by atoms with E-state index >= 15 is 0 Å². The maximum absolute atomic E-state index is 12.8. The van der Waals surface area contributed by atoms with Crippen molar-refractivity contribution in [2.24, 2.45) is 0 Å². The van der Waals surface area contributed by atoms with Crippen LogP contribution in [0.25, 0.3) is 0 Å². The number of hydrogen-bond acceptors (Lipinski definition) is 4. The van der Waals surface area contributed by atoms with Gasteiger partial charge in [-0.15, -0.1) is 0 Å². The summed E-state index contributed by atoms with van der Waals surface area (Å²) in [6.07, 6.45) is 2.93. The maximum atomic E-state index is 12.8. The minimum absolute atomic E-state index is 0.0261. The van der Waals surface area contributed by atoms with Crippen LogP contribution in [0.3, 0.4) is 0 Å². The number of aromatic nitrogens is 1. The smallest absolute Gasteiger partial charge is 0.242 e. The molecule has 1 aliphatic rings. The van der Waals surface area contributed by atoms with Crippen molar-refractivity contribution in [2.75, 3.05) is 25.0 Å². The fraction of sp³-hybridized carbons (Fsp3) is 0.333. The normalized spacial score (nSPS) is 14.0. The van der Waals surface area contributed by atoms with Crippen molar-refractivity contribution in [3.05, 3.63) is 53.9 Å². The van der Waals surface area contributed by atoms with Gasteiger partial charge in [0.2, 0.25) is 15.9 Å². The van der Waals surface area contributed by atoms with Crippen molar-refractivity contribution in [3.63, 3.8) is 0 Å². The topological polar surface area (TPSA) is 70.6 Å². The number of carbonyl (C=O) groups excluding carboxylic acids is 1. The summed E-state index contributed by atoms with van der Waals surface area (Å²) in [4.78, 5) is 17.8. The van der Waals surface area contributed by atoms with Crippen molar-refractivity contribution < 1.29 is 13.2 Å². The molecule has 0 atom stereocenters. The maximum Gasteiger partial charge on any atom is 0.242 e. The molecule has 2 aromatic rings. The van der Waals surface area contributed by atoms with E-state index in [1.165, 1.54) is 11.2 Å². The molecule has 0 N–H and O–H groups in total. The Hall–Kier alpha value is -2.25. The van der Waals surface area contributed by atoms with Crippen LogP contribution < -0.4 is 4.90 Å². The van der Waals surface area contributed by atoms with Crippen molar-refractivity contribution in [2.45, 2.75) is 24.7 Å². The van der Waals surface area contributed by atoms with Crippen LogP contribution in [0.1, 0.15) is 18.2 Å². The largest absolute Gasteiger partial charge is 0.312 e. The summed E-state index contributed by atoms with van der Waals surface area (Å²) in [5.74, 6) is -0.0261. The number of fused-ring (bicyclic) bond motifs is 1. The fourth-order valence-corrected chi connectivity index (χ4v) is 4.21. The Morgan fingerprint density at radius 3 is 2.76 bits per heavy atom. The average Bonchev–Trinajstić information content (AvgIpc) is 3.04. The molecule has 0 unspecified atom stereocenters. The molecule has 0 spiro atoms. The Labute approximate surface area is 148 Å². The lowest BCUT2D eigenvalue weighted by molar-refractivity contribution is -0.116. The third-order valence-electron chi connectivity index (χ3n) is 4.44. The molecule has 0 saturated carbocycles. The van der Waals surface area contributed by atoms with E-state index in [1.54, 1.807) is 36.3 Å². The molecule has 0 aliphatic carbocycles. The minimum atomic E-state index is -3.57. The van der Waals surface area contributed by atoms with E-state index in [9.17, 15) is 13.2 Å². The van der Waals surface area contributed by atoms with Gasteiger partial charge < -0.3 is 4.90 Å². The second-order valence-electron chi connectivity index (χ2n) is 6.11. The van der Waals surface area contributed by atoms with Crippen LogP contribution in [-0.2, 0) is 27.7 Å². The molecule has 0 fully saturated rings. The van der Waals surface area contributed by atoms with Gasteiger partial charge in [0.1, 0.15) is 0 Å². The highest BCUT2D eigenvalue weighted by atomic mass is 32.2. The van der Waals surface area contributed by atoms with Crippen LogP contribution in [0, 0.1) is 0 Å². The Kier molecular flexibility index (Phi) is 4.87. The number of likely N-dealkylation sites (N-methyl/N-ethyl adjacent to an activating group) is 1. The van der Waals surface area contributed by atoms with Crippen molar-refractivity contribution in [1.29, 1.82) is 0 Å². The fourth-order valence-electron chi connectivity index (χ4n) is 2.98. The predicted molar refractivity (Wildman–Crippen MR) is 95.9 cm³/mol. The van der Waals surface area contributed by atoms with Crippen LogP contribution in [-0.4, -0.2) is 43.8 Å². The average molecular weight is 359 g/mol. The quantitative estimate of drug-likeness (QED) is 0.817. The standard InChI is InChI=1S/C18H21N3O3S/c1-14(22)21-12-8-15-13-17(6-7-18(15)21)25(23,24)20(2)11-9-16-5-3-4-10-19-16/h3-7,10,13H,8-9,11-12H2,1-2H3.